The number of anilines is 1. The van der Waals surface area contributed by atoms with Gasteiger partial charge < -0.3 is 5.32 Å². The summed E-state index contributed by atoms with van der Waals surface area (Å²) in [7, 11) is 0. The molecule has 2 heterocycles. The van der Waals surface area contributed by atoms with Gasteiger partial charge in [0, 0.05) is 6.20 Å². The van der Waals surface area contributed by atoms with Crippen LogP contribution in [0.4, 0.5) is 10.1 Å². The molecule has 0 spiro atoms. The smallest absolute Gasteiger partial charge is 0.278 e. The van der Waals surface area contributed by atoms with Gasteiger partial charge in [0.2, 0.25) is 0 Å². The third-order valence-electron chi connectivity index (χ3n) is 4.50. The second-order valence-corrected chi connectivity index (χ2v) is 6.68. The molecule has 0 saturated carbocycles. The molecule has 8 heteroatoms. The Morgan fingerprint density at radius 2 is 1.86 bits per heavy atom. The lowest BCUT2D eigenvalue weighted by atomic mass is 10.2. The van der Waals surface area contributed by atoms with Crippen molar-refractivity contribution in [1.29, 1.82) is 0 Å². The van der Waals surface area contributed by atoms with Crippen molar-refractivity contribution in [3.63, 3.8) is 0 Å². The van der Waals surface area contributed by atoms with Crippen molar-refractivity contribution in [2.75, 3.05) is 5.32 Å². The Bertz CT molecular complexity index is 1140. The first-order valence-corrected chi connectivity index (χ1v) is 9.11. The Labute approximate surface area is 166 Å². The number of aromatic nitrogens is 5. The van der Waals surface area contributed by atoms with Gasteiger partial charge in [-0.1, -0.05) is 47.7 Å². The monoisotopic (exact) mass is 390 g/mol. The SMILES string of the molecule is Cc1c(C(=O)Nc2cnn(Cc3cccc(F)c3)c2)nnn1Cc1ccccc1. The van der Waals surface area contributed by atoms with Crippen molar-refractivity contribution < 1.29 is 9.18 Å². The summed E-state index contributed by atoms with van der Waals surface area (Å²) in [5, 5.41) is 15.1. The molecule has 1 amide bonds. The van der Waals surface area contributed by atoms with Crippen LogP contribution in [0.5, 0.6) is 0 Å². The predicted molar refractivity (Wildman–Crippen MR) is 106 cm³/mol. The molecule has 0 fully saturated rings. The molecule has 0 bridgehead atoms. The van der Waals surface area contributed by atoms with E-state index in [1.807, 2.05) is 43.3 Å². The molecule has 0 saturated heterocycles. The van der Waals surface area contributed by atoms with Gasteiger partial charge in [0.1, 0.15) is 5.82 Å². The van der Waals surface area contributed by atoms with E-state index in [4.69, 9.17) is 0 Å². The molecule has 0 aliphatic heterocycles. The van der Waals surface area contributed by atoms with Crippen LogP contribution in [0.2, 0.25) is 0 Å². The summed E-state index contributed by atoms with van der Waals surface area (Å²) in [6.07, 6.45) is 3.23. The number of carbonyl (C=O) groups excluding carboxylic acids is 1. The topological polar surface area (TPSA) is 77.6 Å². The zero-order chi connectivity index (χ0) is 20.2. The lowest BCUT2D eigenvalue weighted by Crippen LogP contribution is -2.14. The van der Waals surface area contributed by atoms with Gasteiger partial charge in [0.15, 0.2) is 5.69 Å². The lowest BCUT2D eigenvalue weighted by Gasteiger charge is -2.04. The van der Waals surface area contributed by atoms with E-state index in [1.165, 1.54) is 12.1 Å². The van der Waals surface area contributed by atoms with Gasteiger partial charge in [-0.25, -0.2) is 9.07 Å². The molecule has 2 aromatic heterocycles. The highest BCUT2D eigenvalue weighted by Crippen LogP contribution is 2.13. The third kappa shape index (κ3) is 4.37. The van der Waals surface area contributed by atoms with E-state index in [0.717, 1.165) is 11.1 Å². The molecule has 1 N–H and O–H groups in total. The minimum absolute atomic E-state index is 0.263. The van der Waals surface area contributed by atoms with Crippen LogP contribution < -0.4 is 5.32 Å². The largest absolute Gasteiger partial charge is 0.318 e. The van der Waals surface area contributed by atoms with E-state index >= 15 is 0 Å². The molecular weight excluding hydrogens is 371 g/mol. The molecule has 4 aromatic rings. The molecule has 0 atom stereocenters. The Hall–Kier alpha value is -3.81. The Balaban J connectivity index is 1.43. The van der Waals surface area contributed by atoms with Crippen LogP contribution in [0.1, 0.15) is 27.3 Å². The molecule has 146 valence electrons. The fourth-order valence-corrected chi connectivity index (χ4v) is 3.00. The summed E-state index contributed by atoms with van der Waals surface area (Å²) >= 11 is 0. The molecule has 0 radical (unpaired) electrons. The highest BCUT2D eigenvalue weighted by molar-refractivity contribution is 6.03. The van der Waals surface area contributed by atoms with Crippen molar-refractivity contribution >= 4 is 11.6 Å². The molecular formula is C21H19FN6O. The minimum Gasteiger partial charge on any atom is -0.318 e. The summed E-state index contributed by atoms with van der Waals surface area (Å²) in [4.78, 5) is 12.6. The maximum absolute atomic E-state index is 13.3. The molecule has 2 aromatic carbocycles. The first-order valence-electron chi connectivity index (χ1n) is 9.11. The highest BCUT2D eigenvalue weighted by atomic mass is 19.1. The van der Waals surface area contributed by atoms with E-state index in [-0.39, 0.29) is 17.4 Å². The Kier molecular flexibility index (Phi) is 5.15. The van der Waals surface area contributed by atoms with Crippen LogP contribution in [-0.2, 0) is 13.1 Å². The van der Waals surface area contributed by atoms with Gasteiger partial charge in [-0.05, 0) is 30.2 Å². The second-order valence-electron chi connectivity index (χ2n) is 6.68. The van der Waals surface area contributed by atoms with E-state index in [9.17, 15) is 9.18 Å². The molecule has 4 rings (SSSR count). The number of amides is 1. The van der Waals surface area contributed by atoms with E-state index < -0.39 is 0 Å². The number of nitrogens with one attached hydrogen (secondary N) is 1. The van der Waals surface area contributed by atoms with Crippen molar-refractivity contribution in [2.45, 2.75) is 20.0 Å². The summed E-state index contributed by atoms with van der Waals surface area (Å²) in [6.45, 7) is 2.75. The van der Waals surface area contributed by atoms with Crippen molar-refractivity contribution in [3.05, 3.63) is 95.3 Å². The fourth-order valence-electron chi connectivity index (χ4n) is 3.00. The highest BCUT2D eigenvalue weighted by Gasteiger charge is 2.17. The number of hydrogen-bond donors (Lipinski definition) is 1. The number of halogens is 1. The van der Waals surface area contributed by atoms with Gasteiger partial charge >= 0.3 is 0 Å². The predicted octanol–water partition coefficient (Wildman–Crippen LogP) is 3.27. The van der Waals surface area contributed by atoms with Gasteiger partial charge in [0.25, 0.3) is 5.91 Å². The first kappa shape index (κ1) is 18.5. The third-order valence-corrected chi connectivity index (χ3v) is 4.50. The molecule has 29 heavy (non-hydrogen) atoms. The summed E-state index contributed by atoms with van der Waals surface area (Å²) in [5.41, 5.74) is 3.33. The number of carbonyl (C=O) groups is 1. The van der Waals surface area contributed by atoms with Gasteiger partial charge in [-0.3, -0.25) is 9.48 Å². The van der Waals surface area contributed by atoms with Crippen molar-refractivity contribution in [3.8, 4) is 0 Å². The summed E-state index contributed by atoms with van der Waals surface area (Å²) in [5.74, 6) is -0.649. The van der Waals surface area contributed by atoms with E-state index in [1.54, 1.807) is 27.8 Å². The lowest BCUT2D eigenvalue weighted by molar-refractivity contribution is 0.102. The van der Waals surface area contributed by atoms with Crippen LogP contribution in [0.3, 0.4) is 0 Å². The number of rotatable bonds is 6. The van der Waals surface area contributed by atoms with Crippen LogP contribution in [0.25, 0.3) is 0 Å². The quantitative estimate of drug-likeness (QED) is 0.548. The van der Waals surface area contributed by atoms with Crippen LogP contribution >= 0.6 is 0 Å². The molecule has 0 aliphatic carbocycles. The molecule has 0 unspecified atom stereocenters. The summed E-state index contributed by atoms with van der Waals surface area (Å²) < 4.78 is 16.6. The average molecular weight is 390 g/mol. The summed E-state index contributed by atoms with van der Waals surface area (Å²) in [6, 6.07) is 16.2. The first-order chi connectivity index (χ1) is 14.1. The van der Waals surface area contributed by atoms with Crippen LogP contribution in [-0.4, -0.2) is 30.7 Å². The maximum atomic E-state index is 13.3. The number of nitrogens with zero attached hydrogens (tertiary/aromatic N) is 5. The zero-order valence-corrected chi connectivity index (χ0v) is 15.8. The van der Waals surface area contributed by atoms with Crippen molar-refractivity contribution in [1.82, 2.24) is 24.8 Å². The second kappa shape index (κ2) is 8.05. The Morgan fingerprint density at radius 3 is 2.66 bits per heavy atom. The van der Waals surface area contributed by atoms with Crippen LogP contribution in [0, 0.1) is 12.7 Å². The van der Waals surface area contributed by atoms with Crippen LogP contribution in [0.15, 0.2) is 67.0 Å². The Morgan fingerprint density at radius 1 is 1.07 bits per heavy atom. The standard InChI is InChI=1S/C21H19FN6O/c1-15-20(25-26-28(15)13-16-6-3-2-4-7-16)21(29)24-19-11-23-27(14-19)12-17-8-5-9-18(22)10-17/h2-11,14H,12-13H2,1H3,(H,24,29). The van der Waals surface area contributed by atoms with Gasteiger partial charge in [0.05, 0.1) is 30.7 Å². The average Bonchev–Trinajstić information content (AvgIpc) is 3.29. The number of benzene rings is 2. The normalized spacial score (nSPS) is 10.8. The van der Waals surface area contributed by atoms with Crippen molar-refractivity contribution in [2.24, 2.45) is 0 Å². The number of hydrogen-bond acceptors (Lipinski definition) is 4. The zero-order valence-electron chi connectivity index (χ0n) is 15.8. The minimum atomic E-state index is -0.355. The van der Waals surface area contributed by atoms with Gasteiger partial charge in [-0.15, -0.1) is 5.10 Å². The van der Waals surface area contributed by atoms with E-state index in [2.05, 4.69) is 20.7 Å². The maximum Gasteiger partial charge on any atom is 0.278 e. The fraction of sp³-hybridized carbons (Fsp3) is 0.143. The van der Waals surface area contributed by atoms with Gasteiger partial charge in [-0.2, -0.15) is 5.10 Å². The molecule has 7 nitrogen and oxygen atoms in total. The molecule has 0 aliphatic rings. The van der Waals surface area contributed by atoms with E-state index in [0.29, 0.717) is 24.5 Å².